The fourth-order valence-electron chi connectivity index (χ4n) is 2.80. The van der Waals surface area contributed by atoms with Gasteiger partial charge in [0.2, 0.25) is 0 Å². The summed E-state index contributed by atoms with van der Waals surface area (Å²) in [6, 6.07) is 7.71. The minimum atomic E-state index is -0.214. The van der Waals surface area contributed by atoms with Gasteiger partial charge in [0.1, 0.15) is 6.61 Å². The van der Waals surface area contributed by atoms with Gasteiger partial charge in [0.25, 0.3) is 5.91 Å². The number of amides is 3. The summed E-state index contributed by atoms with van der Waals surface area (Å²) in [5.74, 6) is -0.0605. The van der Waals surface area contributed by atoms with E-state index in [1.54, 1.807) is 9.80 Å². The summed E-state index contributed by atoms with van der Waals surface area (Å²) in [4.78, 5) is 27.7. The van der Waals surface area contributed by atoms with Crippen LogP contribution in [0, 0.1) is 6.92 Å². The van der Waals surface area contributed by atoms with Crippen LogP contribution < -0.4 is 10.2 Å². The van der Waals surface area contributed by atoms with Crippen molar-refractivity contribution in [3.05, 3.63) is 29.8 Å². The van der Waals surface area contributed by atoms with Gasteiger partial charge in [-0.3, -0.25) is 4.79 Å². The molecule has 0 saturated carbocycles. The van der Waals surface area contributed by atoms with Crippen LogP contribution >= 0.6 is 0 Å². The average molecular weight is 333 g/mol. The van der Waals surface area contributed by atoms with E-state index in [9.17, 15) is 9.59 Å². The Morgan fingerprint density at radius 1 is 1.25 bits per heavy atom. The predicted octanol–water partition coefficient (Wildman–Crippen LogP) is 0.769. The maximum atomic E-state index is 12.1. The fourth-order valence-corrected chi connectivity index (χ4v) is 2.80. The minimum Gasteiger partial charge on any atom is -0.378 e. The second kappa shape index (κ2) is 7.63. The van der Waals surface area contributed by atoms with Crippen molar-refractivity contribution >= 4 is 17.6 Å². The number of benzene rings is 1. The summed E-state index contributed by atoms with van der Waals surface area (Å²) in [5, 5.41) is 2.89. The minimum absolute atomic E-state index is 0.0337. The van der Waals surface area contributed by atoms with Crippen LogP contribution in [0.5, 0.6) is 0 Å². The Hall–Kier alpha value is -2.12. The van der Waals surface area contributed by atoms with Crippen molar-refractivity contribution in [3.8, 4) is 0 Å². The van der Waals surface area contributed by atoms with Crippen molar-refractivity contribution in [1.82, 2.24) is 10.2 Å². The molecule has 1 unspecified atom stereocenters. The van der Waals surface area contributed by atoms with Crippen molar-refractivity contribution in [2.24, 2.45) is 0 Å². The fraction of sp³-hybridized carbons (Fsp3) is 0.529. The molecule has 2 saturated heterocycles. The number of rotatable bonds is 3. The molecule has 3 amide bonds. The molecule has 0 aliphatic carbocycles. The number of nitrogens with one attached hydrogen (secondary N) is 1. The molecular formula is C17H23N3O4. The number of morpholine rings is 2. The zero-order valence-corrected chi connectivity index (χ0v) is 13.9. The second-order valence-corrected chi connectivity index (χ2v) is 6.06. The Balaban J connectivity index is 1.54. The molecule has 1 aromatic rings. The molecule has 130 valence electrons. The molecule has 2 heterocycles. The number of nitrogens with zero attached hydrogens (tertiary/aromatic N) is 2. The van der Waals surface area contributed by atoms with E-state index in [1.165, 1.54) is 0 Å². The van der Waals surface area contributed by atoms with Crippen molar-refractivity contribution in [3.63, 3.8) is 0 Å². The lowest BCUT2D eigenvalue weighted by molar-refractivity contribution is -0.129. The molecule has 2 fully saturated rings. The van der Waals surface area contributed by atoms with Gasteiger partial charge in [-0.1, -0.05) is 17.7 Å². The zero-order valence-electron chi connectivity index (χ0n) is 13.9. The lowest BCUT2D eigenvalue weighted by Crippen LogP contribution is -2.53. The third kappa shape index (κ3) is 4.04. The molecule has 1 aromatic carbocycles. The van der Waals surface area contributed by atoms with Crippen molar-refractivity contribution in [2.75, 3.05) is 50.9 Å². The number of ether oxygens (including phenoxy) is 2. The van der Waals surface area contributed by atoms with Crippen LogP contribution in [0.25, 0.3) is 0 Å². The summed E-state index contributed by atoms with van der Waals surface area (Å²) < 4.78 is 10.8. The number of aryl methyl sites for hydroxylation is 1. The normalized spacial score (nSPS) is 21.7. The monoisotopic (exact) mass is 333 g/mol. The van der Waals surface area contributed by atoms with E-state index in [4.69, 9.17) is 9.47 Å². The Morgan fingerprint density at radius 2 is 1.96 bits per heavy atom. The van der Waals surface area contributed by atoms with Gasteiger partial charge in [-0.15, -0.1) is 0 Å². The van der Waals surface area contributed by atoms with Crippen LogP contribution in [-0.4, -0.2) is 68.9 Å². The van der Waals surface area contributed by atoms with Gasteiger partial charge in [-0.2, -0.15) is 0 Å². The third-order valence-corrected chi connectivity index (χ3v) is 4.25. The highest BCUT2D eigenvalue weighted by molar-refractivity contribution is 5.95. The quantitative estimate of drug-likeness (QED) is 0.887. The maximum Gasteiger partial charge on any atom is 0.317 e. The van der Waals surface area contributed by atoms with Gasteiger partial charge >= 0.3 is 6.03 Å². The van der Waals surface area contributed by atoms with Crippen molar-refractivity contribution in [1.29, 1.82) is 0 Å². The Bertz CT molecular complexity index is 584. The molecule has 0 bridgehead atoms. The lowest BCUT2D eigenvalue weighted by atomic mass is 10.2. The van der Waals surface area contributed by atoms with Crippen molar-refractivity contribution in [2.45, 2.75) is 13.0 Å². The molecule has 24 heavy (non-hydrogen) atoms. The molecule has 1 N–H and O–H groups in total. The van der Waals surface area contributed by atoms with Gasteiger partial charge in [0.05, 0.1) is 25.9 Å². The van der Waals surface area contributed by atoms with E-state index < -0.39 is 0 Å². The van der Waals surface area contributed by atoms with E-state index in [2.05, 4.69) is 5.32 Å². The molecule has 3 rings (SSSR count). The molecule has 2 aliphatic rings. The highest BCUT2D eigenvalue weighted by Gasteiger charge is 2.28. The van der Waals surface area contributed by atoms with Gasteiger partial charge < -0.3 is 24.6 Å². The number of carbonyl (C=O) groups is 2. The number of hydrogen-bond acceptors (Lipinski definition) is 4. The molecule has 7 heteroatoms. The molecule has 7 nitrogen and oxygen atoms in total. The molecular weight excluding hydrogens is 310 g/mol. The van der Waals surface area contributed by atoms with Crippen LogP contribution in [0.4, 0.5) is 10.5 Å². The first kappa shape index (κ1) is 16.7. The van der Waals surface area contributed by atoms with Crippen LogP contribution in [0.2, 0.25) is 0 Å². The number of hydrogen-bond donors (Lipinski definition) is 1. The van der Waals surface area contributed by atoms with Gasteiger partial charge in [-0.25, -0.2) is 4.79 Å². The van der Waals surface area contributed by atoms with Crippen molar-refractivity contribution < 1.29 is 19.1 Å². The first-order chi connectivity index (χ1) is 11.6. The largest absolute Gasteiger partial charge is 0.378 e. The Morgan fingerprint density at radius 3 is 2.67 bits per heavy atom. The highest BCUT2D eigenvalue weighted by atomic mass is 16.5. The first-order valence-corrected chi connectivity index (χ1v) is 8.22. The summed E-state index contributed by atoms with van der Waals surface area (Å²) in [6.45, 7) is 5.21. The lowest BCUT2D eigenvalue weighted by Gasteiger charge is -2.33. The molecule has 1 atom stereocenters. The van der Waals surface area contributed by atoms with E-state index in [0.29, 0.717) is 39.4 Å². The van der Waals surface area contributed by atoms with E-state index in [0.717, 1.165) is 11.3 Å². The SMILES string of the molecule is Cc1ccc(N2CC(CNC(=O)N3CCOCC3)OCC2=O)cc1. The Kier molecular flexibility index (Phi) is 5.32. The zero-order chi connectivity index (χ0) is 16.9. The first-order valence-electron chi connectivity index (χ1n) is 8.22. The van der Waals surface area contributed by atoms with Crippen LogP contribution in [-0.2, 0) is 14.3 Å². The van der Waals surface area contributed by atoms with E-state index in [1.807, 2.05) is 31.2 Å². The Labute approximate surface area is 141 Å². The molecule has 0 aromatic heterocycles. The van der Waals surface area contributed by atoms with Gasteiger partial charge in [0, 0.05) is 25.3 Å². The van der Waals surface area contributed by atoms with E-state index in [-0.39, 0.29) is 24.6 Å². The number of anilines is 1. The van der Waals surface area contributed by atoms with Gasteiger partial charge in [0.15, 0.2) is 0 Å². The van der Waals surface area contributed by atoms with Gasteiger partial charge in [-0.05, 0) is 19.1 Å². The maximum absolute atomic E-state index is 12.1. The predicted molar refractivity (Wildman–Crippen MR) is 89.1 cm³/mol. The smallest absolute Gasteiger partial charge is 0.317 e. The average Bonchev–Trinajstić information content (AvgIpc) is 2.62. The molecule has 0 spiro atoms. The topological polar surface area (TPSA) is 71.1 Å². The number of urea groups is 1. The van der Waals surface area contributed by atoms with Crippen LogP contribution in [0.1, 0.15) is 5.56 Å². The third-order valence-electron chi connectivity index (χ3n) is 4.25. The van der Waals surface area contributed by atoms with Crippen LogP contribution in [0.15, 0.2) is 24.3 Å². The standard InChI is InChI=1S/C17H23N3O4/c1-13-2-4-14(5-3-13)20-11-15(24-12-16(20)21)10-18-17(22)19-6-8-23-9-7-19/h2-5,15H,6-12H2,1H3,(H,18,22). The summed E-state index contributed by atoms with van der Waals surface area (Å²) in [7, 11) is 0. The second-order valence-electron chi connectivity index (χ2n) is 6.06. The summed E-state index contributed by atoms with van der Waals surface area (Å²) >= 11 is 0. The van der Waals surface area contributed by atoms with E-state index >= 15 is 0 Å². The number of carbonyl (C=O) groups excluding carboxylic acids is 2. The summed E-state index contributed by atoms with van der Waals surface area (Å²) in [5.41, 5.74) is 2.01. The highest BCUT2D eigenvalue weighted by Crippen LogP contribution is 2.19. The molecule has 2 aliphatic heterocycles. The molecule has 0 radical (unpaired) electrons. The van der Waals surface area contributed by atoms with Crippen LogP contribution in [0.3, 0.4) is 0 Å². The summed E-state index contributed by atoms with van der Waals surface area (Å²) in [6.07, 6.45) is -0.214.